The largest absolute Gasteiger partial charge is 0.524 e. The summed E-state index contributed by atoms with van der Waals surface area (Å²) in [4.78, 5) is 43.2. The van der Waals surface area contributed by atoms with Gasteiger partial charge in [0, 0.05) is 12.8 Å². The van der Waals surface area contributed by atoms with E-state index in [9.17, 15) is 19.2 Å². The number of esters is 3. The molecule has 0 radical (unpaired) electrons. The molecule has 0 N–H and O–H groups in total. The molecule has 0 aliphatic heterocycles. The van der Waals surface area contributed by atoms with E-state index in [2.05, 4.69) is 14.2 Å². The summed E-state index contributed by atoms with van der Waals surface area (Å²) in [6.07, 6.45) is -0.754. The molecule has 0 atom stereocenters. The van der Waals surface area contributed by atoms with Crippen LogP contribution in [0.25, 0.3) is 0 Å². The third kappa shape index (κ3) is 7.95. The van der Waals surface area contributed by atoms with E-state index in [1.807, 2.05) is 0 Å². The zero-order valence-electron chi connectivity index (χ0n) is 9.69. The molecule has 0 unspecified atom stereocenters. The molecule has 0 fully saturated rings. The summed E-state index contributed by atoms with van der Waals surface area (Å²) in [5, 5.41) is 0. The number of rotatable bonds is 5. The van der Waals surface area contributed by atoms with Crippen LogP contribution in [0, 0.1) is 0 Å². The van der Waals surface area contributed by atoms with Gasteiger partial charge in [0.2, 0.25) is 0 Å². The Kier molecular flexibility index (Phi) is 7.32. The third-order valence-corrected chi connectivity index (χ3v) is 1.49. The molecule has 0 spiro atoms. The Bertz CT molecular complexity index is 308. The number of ether oxygens (including phenoxy) is 3. The smallest absolute Gasteiger partial charge is 0.454 e. The topological polar surface area (TPSA) is 96.0 Å². The van der Waals surface area contributed by atoms with E-state index < -0.39 is 30.7 Å². The maximum atomic E-state index is 10.9. The normalized spacial score (nSPS) is 9.29. The molecule has 0 aliphatic carbocycles. The predicted molar refractivity (Wildman–Crippen MR) is 53.7 cm³/mol. The van der Waals surface area contributed by atoms with Gasteiger partial charge in [0.05, 0.1) is 0 Å². The lowest BCUT2D eigenvalue weighted by atomic mass is 10.3. The number of hydrogen-bond acceptors (Lipinski definition) is 7. The van der Waals surface area contributed by atoms with Gasteiger partial charge in [-0.3, -0.25) is 9.59 Å². The van der Waals surface area contributed by atoms with Crippen molar-refractivity contribution in [1.82, 2.24) is 0 Å². The van der Waals surface area contributed by atoms with E-state index in [0.29, 0.717) is 6.42 Å². The minimum Gasteiger partial charge on any atom is -0.454 e. The number of hydrogen-bond donors (Lipinski definition) is 0. The first-order valence-electron chi connectivity index (χ1n) is 5.10. The zero-order valence-corrected chi connectivity index (χ0v) is 9.69. The van der Waals surface area contributed by atoms with E-state index in [0.717, 1.165) is 0 Å². The van der Waals surface area contributed by atoms with Crippen molar-refractivity contribution >= 4 is 24.1 Å². The summed E-state index contributed by atoms with van der Waals surface area (Å²) in [6, 6.07) is 0. The molecule has 96 valence electrons. The summed E-state index contributed by atoms with van der Waals surface area (Å²) in [5.74, 6) is -2.48. The van der Waals surface area contributed by atoms with Gasteiger partial charge in [-0.1, -0.05) is 13.8 Å². The average Bonchev–Trinajstić information content (AvgIpc) is 2.25. The Morgan fingerprint density at radius 3 is 2.00 bits per heavy atom. The van der Waals surface area contributed by atoms with E-state index in [-0.39, 0.29) is 12.8 Å². The van der Waals surface area contributed by atoms with E-state index in [1.165, 1.54) is 0 Å². The molecular weight excluding hydrogens is 232 g/mol. The highest BCUT2D eigenvalue weighted by atomic mass is 16.8. The Morgan fingerprint density at radius 2 is 1.47 bits per heavy atom. The first-order valence-corrected chi connectivity index (χ1v) is 5.10. The second-order valence-electron chi connectivity index (χ2n) is 2.96. The first-order chi connectivity index (χ1) is 7.99. The van der Waals surface area contributed by atoms with Crippen molar-refractivity contribution in [1.29, 1.82) is 0 Å². The van der Waals surface area contributed by atoms with Crippen LogP contribution in [0.5, 0.6) is 0 Å². The second kappa shape index (κ2) is 8.26. The molecule has 0 aromatic carbocycles. The Labute approximate surface area is 98.0 Å². The van der Waals surface area contributed by atoms with Crippen LogP contribution in [0.4, 0.5) is 4.79 Å². The first kappa shape index (κ1) is 15.1. The molecule has 17 heavy (non-hydrogen) atoms. The number of carbonyl (C=O) groups excluding carboxylic acids is 4. The lowest BCUT2D eigenvalue weighted by molar-refractivity contribution is -0.157. The Morgan fingerprint density at radius 1 is 0.882 bits per heavy atom. The van der Waals surface area contributed by atoms with Crippen LogP contribution in [0.15, 0.2) is 0 Å². The molecule has 0 heterocycles. The van der Waals surface area contributed by atoms with Crippen LogP contribution in [-0.4, -0.2) is 30.7 Å². The highest BCUT2D eigenvalue weighted by molar-refractivity contribution is 5.89. The van der Waals surface area contributed by atoms with Crippen molar-refractivity contribution in [2.45, 2.75) is 33.1 Å². The molecule has 0 saturated carbocycles. The monoisotopic (exact) mass is 246 g/mol. The SMILES string of the molecule is CCCC(=O)OC(=O)OC(=O)COC(=O)CC. The van der Waals surface area contributed by atoms with Gasteiger partial charge < -0.3 is 14.2 Å². The maximum absolute atomic E-state index is 10.9. The summed E-state index contributed by atoms with van der Waals surface area (Å²) in [6.45, 7) is 2.58. The van der Waals surface area contributed by atoms with Crippen molar-refractivity contribution in [3.63, 3.8) is 0 Å². The van der Waals surface area contributed by atoms with Gasteiger partial charge in [0.15, 0.2) is 6.61 Å². The van der Waals surface area contributed by atoms with Crippen molar-refractivity contribution in [2.75, 3.05) is 6.61 Å². The average molecular weight is 246 g/mol. The highest BCUT2D eigenvalue weighted by Gasteiger charge is 2.16. The van der Waals surface area contributed by atoms with Crippen molar-refractivity contribution < 1.29 is 33.4 Å². The summed E-state index contributed by atoms with van der Waals surface area (Å²) >= 11 is 0. The fourth-order valence-corrected chi connectivity index (χ4v) is 0.733. The molecular formula is C10H14O7. The fourth-order valence-electron chi connectivity index (χ4n) is 0.733. The van der Waals surface area contributed by atoms with Gasteiger partial charge in [-0.05, 0) is 6.42 Å². The molecule has 7 nitrogen and oxygen atoms in total. The maximum Gasteiger partial charge on any atom is 0.524 e. The van der Waals surface area contributed by atoms with E-state index in [1.54, 1.807) is 13.8 Å². The summed E-state index contributed by atoms with van der Waals surface area (Å²) in [5.41, 5.74) is 0. The molecule has 0 aromatic heterocycles. The van der Waals surface area contributed by atoms with Gasteiger partial charge in [-0.15, -0.1) is 0 Å². The zero-order chi connectivity index (χ0) is 13.3. The van der Waals surface area contributed by atoms with Crippen molar-refractivity contribution in [2.24, 2.45) is 0 Å². The van der Waals surface area contributed by atoms with Crippen LogP contribution in [0.1, 0.15) is 33.1 Å². The van der Waals surface area contributed by atoms with E-state index in [4.69, 9.17) is 0 Å². The minimum absolute atomic E-state index is 0.0497. The van der Waals surface area contributed by atoms with Crippen LogP contribution in [0.3, 0.4) is 0 Å². The molecule has 0 aliphatic rings. The summed E-state index contributed by atoms with van der Waals surface area (Å²) < 4.78 is 12.6. The van der Waals surface area contributed by atoms with Crippen molar-refractivity contribution in [3.8, 4) is 0 Å². The van der Waals surface area contributed by atoms with Gasteiger partial charge in [0.1, 0.15) is 0 Å². The molecule has 0 bridgehead atoms. The fraction of sp³-hybridized carbons (Fsp3) is 0.600. The molecule has 7 heteroatoms. The molecule has 0 saturated heterocycles. The molecule has 0 aromatic rings. The molecule has 0 rings (SSSR count). The Balaban J connectivity index is 3.84. The van der Waals surface area contributed by atoms with Crippen LogP contribution in [-0.2, 0) is 28.6 Å². The second-order valence-corrected chi connectivity index (χ2v) is 2.96. The van der Waals surface area contributed by atoms with Gasteiger partial charge in [0.25, 0.3) is 0 Å². The Hall–Kier alpha value is -1.92. The van der Waals surface area contributed by atoms with Gasteiger partial charge >= 0.3 is 24.1 Å². The standard InChI is InChI=1S/C10H14O7/c1-3-5-8(12)16-10(14)17-9(13)6-15-7(11)4-2/h3-6H2,1-2H3. The molecule has 0 amide bonds. The quantitative estimate of drug-likeness (QED) is 0.526. The van der Waals surface area contributed by atoms with Gasteiger partial charge in [-0.25, -0.2) is 9.59 Å². The van der Waals surface area contributed by atoms with Crippen LogP contribution in [0.2, 0.25) is 0 Å². The number of carbonyl (C=O) groups is 4. The predicted octanol–water partition coefficient (Wildman–Crippen LogP) is 0.946. The van der Waals surface area contributed by atoms with E-state index >= 15 is 0 Å². The lowest BCUT2D eigenvalue weighted by Gasteiger charge is -2.03. The summed E-state index contributed by atoms with van der Waals surface area (Å²) in [7, 11) is 0. The van der Waals surface area contributed by atoms with Crippen LogP contribution >= 0.6 is 0 Å². The van der Waals surface area contributed by atoms with Gasteiger partial charge in [-0.2, -0.15) is 0 Å². The van der Waals surface area contributed by atoms with Crippen LogP contribution < -0.4 is 0 Å². The highest BCUT2D eigenvalue weighted by Crippen LogP contribution is 1.95. The third-order valence-electron chi connectivity index (χ3n) is 1.49. The van der Waals surface area contributed by atoms with Crippen molar-refractivity contribution in [3.05, 3.63) is 0 Å². The lowest BCUT2D eigenvalue weighted by Crippen LogP contribution is -2.22. The minimum atomic E-state index is -1.42.